The van der Waals surface area contributed by atoms with E-state index in [1.807, 2.05) is 36.2 Å². The largest absolute Gasteiger partial charge is 0.465 e. The van der Waals surface area contributed by atoms with Gasteiger partial charge in [-0.2, -0.15) is 0 Å². The summed E-state index contributed by atoms with van der Waals surface area (Å²) in [6.07, 6.45) is 1.93. The van der Waals surface area contributed by atoms with E-state index in [0.29, 0.717) is 18.1 Å². The van der Waals surface area contributed by atoms with Crippen molar-refractivity contribution < 1.29 is 9.53 Å². The predicted molar refractivity (Wildman–Crippen MR) is 84.5 cm³/mol. The number of carbonyl (C=O) groups excluding carboxylic acids is 1. The smallest absolute Gasteiger partial charge is 0.320 e. The first-order chi connectivity index (χ1) is 9.52. The number of rotatable bonds is 8. The number of nitrogens with zero attached hydrogens (tertiary/aromatic N) is 1. The van der Waals surface area contributed by atoms with Crippen LogP contribution in [0.4, 0.5) is 0 Å². The topological polar surface area (TPSA) is 55.6 Å². The summed E-state index contributed by atoms with van der Waals surface area (Å²) in [7, 11) is 1.88. The van der Waals surface area contributed by atoms with Gasteiger partial charge in [0, 0.05) is 12.1 Å². The molecular formula is C15H22N2O2S. The minimum absolute atomic E-state index is 0.188. The molecule has 0 aromatic heterocycles. The van der Waals surface area contributed by atoms with Crippen molar-refractivity contribution in [3.8, 4) is 0 Å². The number of hydrogen-bond acceptors (Lipinski definition) is 4. The van der Waals surface area contributed by atoms with Crippen molar-refractivity contribution in [2.75, 3.05) is 20.2 Å². The lowest BCUT2D eigenvalue weighted by molar-refractivity contribution is -0.144. The van der Waals surface area contributed by atoms with E-state index in [-0.39, 0.29) is 12.5 Å². The van der Waals surface area contributed by atoms with Crippen molar-refractivity contribution in [3.63, 3.8) is 0 Å². The quantitative estimate of drug-likeness (QED) is 0.452. The molecule has 0 unspecified atom stereocenters. The Morgan fingerprint density at radius 3 is 2.85 bits per heavy atom. The van der Waals surface area contributed by atoms with Crippen LogP contribution in [-0.4, -0.2) is 36.1 Å². The van der Waals surface area contributed by atoms with Gasteiger partial charge < -0.3 is 10.5 Å². The van der Waals surface area contributed by atoms with E-state index in [9.17, 15) is 4.79 Å². The average Bonchev–Trinajstić information content (AvgIpc) is 2.39. The molecule has 0 aliphatic heterocycles. The van der Waals surface area contributed by atoms with Gasteiger partial charge in [-0.1, -0.05) is 43.8 Å². The van der Waals surface area contributed by atoms with Crippen molar-refractivity contribution in [2.24, 2.45) is 5.73 Å². The average molecular weight is 294 g/mol. The molecule has 20 heavy (non-hydrogen) atoms. The maximum atomic E-state index is 11.6. The Labute approximate surface area is 125 Å². The Morgan fingerprint density at radius 2 is 2.20 bits per heavy atom. The lowest BCUT2D eigenvalue weighted by atomic mass is 10.1. The van der Waals surface area contributed by atoms with E-state index in [0.717, 1.165) is 24.0 Å². The SMILES string of the molecule is CCCCOC(=O)CN(C)Cc1cccc(C(N)=S)c1. The number of hydrogen-bond donors (Lipinski definition) is 1. The number of ether oxygens (including phenoxy) is 1. The van der Waals surface area contributed by atoms with Gasteiger partial charge in [-0.05, 0) is 25.1 Å². The number of unbranched alkanes of at least 4 members (excludes halogenated alkanes) is 1. The highest BCUT2D eigenvalue weighted by atomic mass is 32.1. The molecule has 0 saturated heterocycles. The molecule has 2 N–H and O–H groups in total. The second kappa shape index (κ2) is 8.66. The number of carbonyl (C=O) groups is 1. The molecule has 0 atom stereocenters. The van der Waals surface area contributed by atoms with Crippen molar-refractivity contribution in [3.05, 3.63) is 35.4 Å². The molecule has 1 aromatic carbocycles. The van der Waals surface area contributed by atoms with E-state index >= 15 is 0 Å². The normalized spacial score (nSPS) is 10.6. The van der Waals surface area contributed by atoms with Crippen LogP contribution in [-0.2, 0) is 16.1 Å². The van der Waals surface area contributed by atoms with E-state index in [2.05, 4.69) is 6.92 Å². The number of likely N-dealkylation sites (N-methyl/N-ethyl adjacent to an activating group) is 1. The summed E-state index contributed by atoms with van der Waals surface area (Å²) in [4.78, 5) is 13.9. The first-order valence-electron chi connectivity index (χ1n) is 6.75. The molecule has 5 heteroatoms. The van der Waals surface area contributed by atoms with Gasteiger partial charge in [0.05, 0.1) is 13.2 Å². The van der Waals surface area contributed by atoms with Crippen molar-refractivity contribution in [1.82, 2.24) is 4.90 Å². The number of thiocarbonyl (C=S) groups is 1. The first-order valence-corrected chi connectivity index (χ1v) is 7.16. The molecule has 4 nitrogen and oxygen atoms in total. The van der Waals surface area contributed by atoms with Gasteiger partial charge in [0.2, 0.25) is 0 Å². The molecule has 0 aliphatic carbocycles. The second-order valence-electron chi connectivity index (χ2n) is 4.81. The lowest BCUT2D eigenvalue weighted by Crippen LogP contribution is -2.27. The first kappa shape index (κ1) is 16.6. The van der Waals surface area contributed by atoms with Crippen molar-refractivity contribution in [2.45, 2.75) is 26.3 Å². The summed E-state index contributed by atoms with van der Waals surface area (Å²) in [5.41, 5.74) is 7.52. The van der Waals surface area contributed by atoms with Gasteiger partial charge in [0.25, 0.3) is 0 Å². The summed E-state index contributed by atoms with van der Waals surface area (Å²) in [6.45, 7) is 3.50. The molecule has 0 fully saturated rings. The zero-order valence-electron chi connectivity index (χ0n) is 12.1. The van der Waals surface area contributed by atoms with Crippen LogP contribution in [0, 0.1) is 0 Å². The molecule has 0 radical (unpaired) electrons. The zero-order valence-corrected chi connectivity index (χ0v) is 12.9. The molecule has 0 heterocycles. The van der Waals surface area contributed by atoms with E-state index in [1.165, 1.54) is 0 Å². The third-order valence-corrected chi connectivity index (χ3v) is 3.06. The van der Waals surface area contributed by atoms with E-state index < -0.39 is 0 Å². The highest BCUT2D eigenvalue weighted by Gasteiger charge is 2.08. The summed E-state index contributed by atoms with van der Waals surface area (Å²) in [5.74, 6) is -0.188. The van der Waals surface area contributed by atoms with Crippen molar-refractivity contribution >= 4 is 23.2 Å². The van der Waals surface area contributed by atoms with Gasteiger partial charge in [-0.3, -0.25) is 9.69 Å². The maximum Gasteiger partial charge on any atom is 0.320 e. The van der Waals surface area contributed by atoms with Gasteiger partial charge in [0.1, 0.15) is 4.99 Å². The lowest BCUT2D eigenvalue weighted by Gasteiger charge is -2.16. The van der Waals surface area contributed by atoms with Crippen LogP contribution in [0.1, 0.15) is 30.9 Å². The fourth-order valence-corrected chi connectivity index (χ4v) is 1.91. The van der Waals surface area contributed by atoms with Crippen molar-refractivity contribution in [1.29, 1.82) is 0 Å². The Morgan fingerprint density at radius 1 is 1.45 bits per heavy atom. The fourth-order valence-electron chi connectivity index (χ4n) is 1.79. The van der Waals surface area contributed by atoms with E-state index in [4.69, 9.17) is 22.7 Å². The van der Waals surface area contributed by atoms with Gasteiger partial charge in [-0.25, -0.2) is 0 Å². The van der Waals surface area contributed by atoms with Crippen LogP contribution >= 0.6 is 12.2 Å². The van der Waals surface area contributed by atoms with Crippen LogP contribution in [0.3, 0.4) is 0 Å². The molecular weight excluding hydrogens is 272 g/mol. The van der Waals surface area contributed by atoms with Crippen LogP contribution in [0.25, 0.3) is 0 Å². The number of esters is 1. The molecule has 0 amide bonds. The molecule has 0 aliphatic rings. The van der Waals surface area contributed by atoms with Gasteiger partial charge in [0.15, 0.2) is 0 Å². The van der Waals surface area contributed by atoms with Crippen LogP contribution in [0.2, 0.25) is 0 Å². The predicted octanol–water partition coefficient (Wildman–Crippen LogP) is 2.10. The number of benzene rings is 1. The molecule has 1 rings (SSSR count). The molecule has 0 bridgehead atoms. The Kier molecular flexibility index (Phi) is 7.18. The van der Waals surface area contributed by atoms with Gasteiger partial charge in [-0.15, -0.1) is 0 Å². The highest BCUT2D eigenvalue weighted by Crippen LogP contribution is 2.07. The summed E-state index contributed by atoms with van der Waals surface area (Å²) < 4.78 is 5.13. The molecule has 0 saturated carbocycles. The summed E-state index contributed by atoms with van der Waals surface area (Å²) in [6, 6.07) is 7.73. The van der Waals surface area contributed by atoms with Crippen LogP contribution < -0.4 is 5.73 Å². The minimum atomic E-state index is -0.188. The van der Waals surface area contributed by atoms with E-state index in [1.54, 1.807) is 0 Å². The third kappa shape index (κ3) is 6.12. The summed E-state index contributed by atoms with van der Waals surface area (Å²) >= 11 is 4.95. The Hall–Kier alpha value is -1.46. The molecule has 1 aromatic rings. The minimum Gasteiger partial charge on any atom is -0.465 e. The zero-order chi connectivity index (χ0) is 15.0. The second-order valence-corrected chi connectivity index (χ2v) is 5.25. The number of nitrogens with two attached hydrogens (primary N) is 1. The van der Waals surface area contributed by atoms with Crippen LogP contribution in [0.15, 0.2) is 24.3 Å². The Bertz CT molecular complexity index is 463. The highest BCUT2D eigenvalue weighted by molar-refractivity contribution is 7.80. The van der Waals surface area contributed by atoms with Gasteiger partial charge >= 0.3 is 5.97 Å². The molecule has 110 valence electrons. The standard InChI is InChI=1S/C15H22N2O2S/c1-3-4-8-19-14(18)11-17(2)10-12-6-5-7-13(9-12)15(16)20/h5-7,9H,3-4,8,10-11H2,1-2H3,(H2,16,20). The Balaban J connectivity index is 2.45. The summed E-state index contributed by atoms with van der Waals surface area (Å²) in [5, 5.41) is 0. The van der Waals surface area contributed by atoms with Crippen LogP contribution in [0.5, 0.6) is 0 Å². The monoisotopic (exact) mass is 294 g/mol. The molecule has 0 spiro atoms. The third-order valence-electron chi connectivity index (χ3n) is 2.82. The maximum absolute atomic E-state index is 11.6. The fraction of sp³-hybridized carbons (Fsp3) is 0.467.